The number of nitrogens with one attached hydrogen (secondary N) is 1. The molecule has 0 spiro atoms. The first-order valence-corrected chi connectivity index (χ1v) is 11.5. The Balaban J connectivity index is 1.51. The van der Waals surface area contributed by atoms with E-state index in [4.69, 9.17) is 0 Å². The van der Waals surface area contributed by atoms with Gasteiger partial charge in [0.2, 0.25) is 0 Å². The number of nitrogens with zero attached hydrogens (tertiary/aromatic N) is 3. The summed E-state index contributed by atoms with van der Waals surface area (Å²) in [5.74, 6) is -0.676. The summed E-state index contributed by atoms with van der Waals surface area (Å²) in [5.41, 5.74) is 3.20. The van der Waals surface area contributed by atoms with E-state index < -0.39 is 9.84 Å². The Labute approximate surface area is 178 Å². The van der Waals surface area contributed by atoms with Crippen molar-refractivity contribution in [1.82, 2.24) is 20.1 Å². The maximum absolute atomic E-state index is 13.2. The van der Waals surface area contributed by atoms with Gasteiger partial charge < -0.3 is 5.32 Å². The quantitative estimate of drug-likeness (QED) is 0.499. The number of carbonyl (C=O) groups excluding carboxylic acids is 1. The van der Waals surface area contributed by atoms with E-state index in [9.17, 15) is 17.6 Å². The summed E-state index contributed by atoms with van der Waals surface area (Å²) >= 11 is 0. The monoisotopic (exact) mass is 438 g/mol. The molecular formula is C22H19FN4O3S. The molecule has 4 aromatic rings. The minimum absolute atomic E-state index is 0.0225. The molecule has 158 valence electrons. The van der Waals surface area contributed by atoms with E-state index in [0.717, 1.165) is 5.56 Å². The average molecular weight is 438 g/mol. The van der Waals surface area contributed by atoms with Crippen LogP contribution >= 0.6 is 0 Å². The Morgan fingerprint density at radius 3 is 2.35 bits per heavy atom. The predicted octanol–water partition coefficient (Wildman–Crippen LogP) is 3.03. The molecule has 1 N–H and O–H groups in total. The van der Waals surface area contributed by atoms with Gasteiger partial charge in [0.05, 0.1) is 34.9 Å². The van der Waals surface area contributed by atoms with Crippen molar-refractivity contribution in [1.29, 1.82) is 0 Å². The van der Waals surface area contributed by atoms with Crippen LogP contribution in [0.25, 0.3) is 16.6 Å². The third kappa shape index (κ3) is 4.77. The fourth-order valence-electron chi connectivity index (χ4n) is 3.24. The Kier molecular flexibility index (Phi) is 5.51. The van der Waals surface area contributed by atoms with Gasteiger partial charge in [0.1, 0.15) is 5.82 Å². The van der Waals surface area contributed by atoms with Gasteiger partial charge in [-0.05, 0) is 35.4 Å². The van der Waals surface area contributed by atoms with Crippen molar-refractivity contribution in [2.75, 3.05) is 6.26 Å². The van der Waals surface area contributed by atoms with Crippen LogP contribution in [0.15, 0.2) is 67.1 Å². The Morgan fingerprint density at radius 1 is 1.00 bits per heavy atom. The molecule has 0 bridgehead atoms. The van der Waals surface area contributed by atoms with Crippen LogP contribution in [-0.4, -0.2) is 35.3 Å². The van der Waals surface area contributed by atoms with E-state index in [0.29, 0.717) is 27.7 Å². The van der Waals surface area contributed by atoms with Gasteiger partial charge in [0.25, 0.3) is 5.91 Å². The van der Waals surface area contributed by atoms with Crippen LogP contribution in [0.3, 0.4) is 0 Å². The molecule has 2 heterocycles. The average Bonchev–Trinajstić information content (AvgIpc) is 3.17. The zero-order valence-electron chi connectivity index (χ0n) is 16.6. The molecule has 0 radical (unpaired) electrons. The molecule has 7 nitrogen and oxygen atoms in total. The number of fused-ring (bicyclic) bond motifs is 1. The summed E-state index contributed by atoms with van der Waals surface area (Å²) in [5, 5.41) is 7.79. The summed E-state index contributed by atoms with van der Waals surface area (Å²) < 4.78 is 37.6. The van der Waals surface area contributed by atoms with E-state index in [-0.39, 0.29) is 24.0 Å². The van der Waals surface area contributed by atoms with E-state index >= 15 is 0 Å². The second kappa shape index (κ2) is 8.27. The van der Waals surface area contributed by atoms with E-state index in [1.54, 1.807) is 53.5 Å². The molecule has 0 atom stereocenters. The topological polar surface area (TPSA) is 93.9 Å². The molecular weight excluding hydrogens is 419 g/mol. The smallest absolute Gasteiger partial charge is 0.253 e. The summed E-state index contributed by atoms with van der Waals surface area (Å²) in [6.07, 6.45) is 5.84. The number of rotatable bonds is 6. The van der Waals surface area contributed by atoms with Crippen LogP contribution < -0.4 is 5.32 Å². The molecule has 0 fully saturated rings. The fraction of sp³-hybridized carbons (Fsp3) is 0.136. The number of amides is 1. The number of pyridine rings is 1. The highest BCUT2D eigenvalue weighted by Crippen LogP contribution is 2.21. The largest absolute Gasteiger partial charge is 0.348 e. The van der Waals surface area contributed by atoms with Crippen molar-refractivity contribution in [2.24, 2.45) is 0 Å². The molecule has 0 aliphatic carbocycles. The van der Waals surface area contributed by atoms with Gasteiger partial charge in [0.15, 0.2) is 9.84 Å². The van der Waals surface area contributed by atoms with Gasteiger partial charge in [-0.1, -0.05) is 24.3 Å². The molecule has 2 aromatic heterocycles. The lowest BCUT2D eigenvalue weighted by Gasteiger charge is -2.08. The number of benzene rings is 2. The highest BCUT2D eigenvalue weighted by molar-refractivity contribution is 7.89. The molecule has 2 aromatic carbocycles. The van der Waals surface area contributed by atoms with Gasteiger partial charge in [-0.2, -0.15) is 5.10 Å². The number of hydrogen-bond acceptors (Lipinski definition) is 5. The summed E-state index contributed by atoms with van der Waals surface area (Å²) in [4.78, 5) is 16.9. The summed E-state index contributed by atoms with van der Waals surface area (Å²) in [6.45, 7) is 0.278. The zero-order valence-corrected chi connectivity index (χ0v) is 17.4. The lowest BCUT2D eigenvalue weighted by Crippen LogP contribution is -2.23. The standard InChI is InChI=1S/C22H19FN4O3S/c1-31(29,30)14-16-4-2-15(3-5-16)10-25-22(28)20-11-24-13-21-19(20)12-26-27(21)18-8-6-17(23)7-9-18/h2-9,11-13H,10,14H2,1H3,(H,25,28). The second-order valence-corrected chi connectivity index (χ2v) is 9.36. The van der Waals surface area contributed by atoms with E-state index in [2.05, 4.69) is 15.4 Å². The second-order valence-electron chi connectivity index (χ2n) is 7.22. The van der Waals surface area contributed by atoms with Crippen LogP contribution in [0.4, 0.5) is 4.39 Å². The lowest BCUT2D eigenvalue weighted by molar-refractivity contribution is 0.0952. The third-order valence-corrected chi connectivity index (χ3v) is 5.58. The first-order chi connectivity index (χ1) is 14.8. The first-order valence-electron chi connectivity index (χ1n) is 9.41. The Bertz CT molecular complexity index is 1350. The summed E-state index contributed by atoms with van der Waals surface area (Å²) in [7, 11) is -3.10. The molecule has 0 saturated carbocycles. The highest BCUT2D eigenvalue weighted by Gasteiger charge is 2.15. The minimum Gasteiger partial charge on any atom is -0.348 e. The molecule has 9 heteroatoms. The lowest BCUT2D eigenvalue weighted by atomic mass is 10.1. The molecule has 0 aliphatic heterocycles. The SMILES string of the molecule is CS(=O)(=O)Cc1ccc(CNC(=O)c2cncc3c2cnn3-c2ccc(F)cc2)cc1. The number of carbonyl (C=O) groups is 1. The number of hydrogen-bond donors (Lipinski definition) is 1. The van der Waals surface area contributed by atoms with Crippen LogP contribution in [0.2, 0.25) is 0 Å². The number of aromatic nitrogens is 3. The minimum atomic E-state index is -3.10. The summed E-state index contributed by atoms with van der Waals surface area (Å²) in [6, 6.07) is 12.9. The molecule has 0 unspecified atom stereocenters. The maximum atomic E-state index is 13.2. The van der Waals surface area contributed by atoms with E-state index in [1.165, 1.54) is 24.6 Å². The van der Waals surface area contributed by atoms with Crippen molar-refractivity contribution < 1.29 is 17.6 Å². The molecule has 0 saturated heterocycles. The zero-order chi connectivity index (χ0) is 22.0. The molecule has 31 heavy (non-hydrogen) atoms. The van der Waals surface area contributed by atoms with Crippen molar-refractivity contribution in [3.8, 4) is 5.69 Å². The Hall–Kier alpha value is -3.59. The molecule has 0 aliphatic rings. The van der Waals surface area contributed by atoms with Crippen molar-refractivity contribution in [3.63, 3.8) is 0 Å². The van der Waals surface area contributed by atoms with Crippen molar-refractivity contribution >= 4 is 26.6 Å². The van der Waals surface area contributed by atoms with Gasteiger partial charge in [-0.25, -0.2) is 17.5 Å². The van der Waals surface area contributed by atoms with Crippen molar-refractivity contribution in [3.05, 3.63) is 89.6 Å². The van der Waals surface area contributed by atoms with Crippen LogP contribution in [-0.2, 0) is 22.1 Å². The van der Waals surface area contributed by atoms with Crippen LogP contribution in [0, 0.1) is 5.82 Å². The fourth-order valence-corrected chi connectivity index (χ4v) is 4.04. The number of halogens is 1. The molecule has 1 amide bonds. The van der Waals surface area contributed by atoms with Gasteiger partial charge >= 0.3 is 0 Å². The number of sulfone groups is 1. The maximum Gasteiger partial charge on any atom is 0.253 e. The van der Waals surface area contributed by atoms with Crippen LogP contribution in [0.5, 0.6) is 0 Å². The van der Waals surface area contributed by atoms with Gasteiger partial charge in [-0.3, -0.25) is 9.78 Å². The van der Waals surface area contributed by atoms with Gasteiger partial charge in [0, 0.05) is 24.4 Å². The van der Waals surface area contributed by atoms with Crippen LogP contribution in [0.1, 0.15) is 21.5 Å². The first kappa shape index (κ1) is 20.7. The van der Waals surface area contributed by atoms with E-state index in [1.807, 2.05) is 0 Å². The molecule has 4 rings (SSSR count). The van der Waals surface area contributed by atoms with Gasteiger partial charge in [-0.15, -0.1) is 0 Å². The normalized spacial score (nSPS) is 11.5. The van der Waals surface area contributed by atoms with Crippen molar-refractivity contribution in [2.45, 2.75) is 12.3 Å². The third-order valence-electron chi connectivity index (χ3n) is 4.72. The highest BCUT2D eigenvalue weighted by atomic mass is 32.2. The predicted molar refractivity (Wildman–Crippen MR) is 115 cm³/mol. The Morgan fingerprint density at radius 2 is 1.68 bits per heavy atom.